The maximum absolute atomic E-state index is 9.81. The van der Waals surface area contributed by atoms with Gasteiger partial charge in [0.1, 0.15) is 18.7 Å². The first-order valence-electron chi connectivity index (χ1n) is 6.71. The fourth-order valence-electron chi connectivity index (χ4n) is 2.42. The zero-order chi connectivity index (χ0) is 14.8. The van der Waals surface area contributed by atoms with Crippen LogP contribution >= 0.6 is 0 Å². The summed E-state index contributed by atoms with van der Waals surface area (Å²) in [5.41, 5.74) is 1.14. The highest BCUT2D eigenvalue weighted by Gasteiger charge is 2.35. The van der Waals surface area contributed by atoms with Gasteiger partial charge in [0.25, 0.3) is 0 Å². The van der Waals surface area contributed by atoms with Crippen LogP contribution in [0, 0.1) is 0 Å². The Hall–Kier alpha value is -1.81. The molecule has 9 nitrogen and oxygen atoms in total. The second-order valence-electron chi connectivity index (χ2n) is 4.81. The predicted octanol–water partition coefficient (Wildman–Crippen LogP) is -1.13. The van der Waals surface area contributed by atoms with Gasteiger partial charge in [0.05, 0.1) is 25.6 Å². The van der Waals surface area contributed by atoms with Crippen molar-refractivity contribution in [3.05, 3.63) is 12.7 Å². The lowest BCUT2D eigenvalue weighted by molar-refractivity contribution is -0.0432. The summed E-state index contributed by atoms with van der Waals surface area (Å²) in [6, 6.07) is 0. The molecule has 1 saturated heterocycles. The molecule has 1 aliphatic rings. The number of aliphatic hydroxyl groups excluding tert-OH is 3. The van der Waals surface area contributed by atoms with Gasteiger partial charge >= 0.3 is 0 Å². The quantitative estimate of drug-likeness (QED) is 0.546. The topological polar surface area (TPSA) is 126 Å². The van der Waals surface area contributed by atoms with Crippen molar-refractivity contribution in [3.8, 4) is 0 Å². The Bertz CT molecular complexity index is 619. The SMILES string of the molecule is OCCNc1ncnc2c1ncn2[C@H]1CC(O)[C@@H](CO)O1. The molecule has 9 heteroatoms. The first kappa shape index (κ1) is 14.1. The monoisotopic (exact) mass is 295 g/mol. The lowest BCUT2D eigenvalue weighted by atomic mass is 10.2. The maximum atomic E-state index is 9.81. The molecular weight excluding hydrogens is 278 g/mol. The van der Waals surface area contributed by atoms with Gasteiger partial charge < -0.3 is 25.4 Å². The van der Waals surface area contributed by atoms with Crippen LogP contribution in [0.3, 0.4) is 0 Å². The molecule has 2 aromatic heterocycles. The van der Waals surface area contributed by atoms with Crippen LogP contribution in [-0.2, 0) is 4.74 Å². The van der Waals surface area contributed by atoms with Gasteiger partial charge in [-0.25, -0.2) is 15.0 Å². The number of nitrogens with zero attached hydrogens (tertiary/aromatic N) is 4. The third-order valence-corrected chi connectivity index (χ3v) is 3.46. The molecule has 0 bridgehead atoms. The molecule has 4 N–H and O–H groups in total. The summed E-state index contributed by atoms with van der Waals surface area (Å²) in [6.45, 7) is 0.120. The van der Waals surface area contributed by atoms with Crippen molar-refractivity contribution in [2.45, 2.75) is 24.9 Å². The van der Waals surface area contributed by atoms with Gasteiger partial charge in [0.15, 0.2) is 17.0 Å². The van der Waals surface area contributed by atoms with Gasteiger partial charge in [-0.15, -0.1) is 0 Å². The second kappa shape index (κ2) is 5.90. The molecule has 1 aliphatic heterocycles. The molecule has 0 spiro atoms. The zero-order valence-electron chi connectivity index (χ0n) is 11.3. The molecule has 1 unspecified atom stereocenters. The fourth-order valence-corrected chi connectivity index (χ4v) is 2.42. The van der Waals surface area contributed by atoms with E-state index in [1.807, 2.05) is 0 Å². The minimum Gasteiger partial charge on any atom is -0.395 e. The van der Waals surface area contributed by atoms with Crippen molar-refractivity contribution in [3.63, 3.8) is 0 Å². The Labute approximate surface area is 120 Å². The van der Waals surface area contributed by atoms with E-state index in [2.05, 4.69) is 20.3 Å². The number of rotatable bonds is 5. The number of aromatic nitrogens is 4. The third-order valence-electron chi connectivity index (χ3n) is 3.46. The normalized spacial score (nSPS) is 25.6. The van der Waals surface area contributed by atoms with E-state index in [0.29, 0.717) is 29.9 Å². The molecule has 3 rings (SSSR count). The number of nitrogens with one attached hydrogen (secondary N) is 1. The number of hydrogen-bond donors (Lipinski definition) is 4. The summed E-state index contributed by atoms with van der Waals surface area (Å²) in [5.74, 6) is 0.532. The van der Waals surface area contributed by atoms with Crippen molar-refractivity contribution in [2.75, 3.05) is 25.1 Å². The minimum absolute atomic E-state index is 0.0116. The smallest absolute Gasteiger partial charge is 0.167 e. The van der Waals surface area contributed by atoms with Gasteiger partial charge in [-0.2, -0.15) is 0 Å². The summed E-state index contributed by atoms with van der Waals surface area (Å²) in [6.07, 6.45) is 1.59. The summed E-state index contributed by atoms with van der Waals surface area (Å²) < 4.78 is 7.31. The van der Waals surface area contributed by atoms with E-state index in [1.165, 1.54) is 6.33 Å². The molecule has 0 aliphatic carbocycles. The van der Waals surface area contributed by atoms with Gasteiger partial charge in [0, 0.05) is 13.0 Å². The summed E-state index contributed by atoms with van der Waals surface area (Å²) >= 11 is 0. The zero-order valence-corrected chi connectivity index (χ0v) is 11.3. The van der Waals surface area contributed by atoms with Crippen LogP contribution in [0.1, 0.15) is 12.6 Å². The Morgan fingerprint density at radius 3 is 2.90 bits per heavy atom. The van der Waals surface area contributed by atoms with E-state index >= 15 is 0 Å². The molecule has 1 fully saturated rings. The highest BCUT2D eigenvalue weighted by atomic mass is 16.5. The number of aliphatic hydroxyl groups is 3. The number of anilines is 1. The number of imidazole rings is 1. The highest BCUT2D eigenvalue weighted by Crippen LogP contribution is 2.31. The van der Waals surface area contributed by atoms with Crippen LogP contribution in [0.2, 0.25) is 0 Å². The fraction of sp³-hybridized carbons (Fsp3) is 0.583. The summed E-state index contributed by atoms with van der Waals surface area (Å²) in [4.78, 5) is 12.5. The van der Waals surface area contributed by atoms with Crippen LogP contribution in [0.15, 0.2) is 12.7 Å². The first-order valence-corrected chi connectivity index (χ1v) is 6.71. The van der Waals surface area contributed by atoms with Crippen LogP contribution in [0.25, 0.3) is 11.2 Å². The van der Waals surface area contributed by atoms with E-state index in [1.54, 1.807) is 10.9 Å². The van der Waals surface area contributed by atoms with Crippen LogP contribution in [0.4, 0.5) is 5.82 Å². The molecule has 0 radical (unpaired) electrons. The lowest BCUT2D eigenvalue weighted by Gasteiger charge is -2.13. The van der Waals surface area contributed by atoms with Crippen molar-refractivity contribution in [1.82, 2.24) is 19.5 Å². The molecular formula is C12H17N5O4. The highest BCUT2D eigenvalue weighted by molar-refractivity contribution is 5.82. The number of fused-ring (bicyclic) bond motifs is 1. The van der Waals surface area contributed by atoms with Crippen LogP contribution < -0.4 is 5.32 Å². The van der Waals surface area contributed by atoms with Gasteiger partial charge in [0.2, 0.25) is 0 Å². The maximum Gasteiger partial charge on any atom is 0.167 e. The molecule has 0 aromatic carbocycles. The van der Waals surface area contributed by atoms with E-state index in [4.69, 9.17) is 14.9 Å². The van der Waals surface area contributed by atoms with Crippen molar-refractivity contribution >= 4 is 17.0 Å². The van der Waals surface area contributed by atoms with E-state index in [-0.39, 0.29) is 13.2 Å². The largest absolute Gasteiger partial charge is 0.395 e. The molecule has 0 saturated carbocycles. The predicted molar refractivity (Wildman–Crippen MR) is 72.5 cm³/mol. The first-order chi connectivity index (χ1) is 10.2. The van der Waals surface area contributed by atoms with Crippen LogP contribution in [0.5, 0.6) is 0 Å². The molecule has 3 heterocycles. The number of ether oxygens (including phenoxy) is 1. The summed E-state index contributed by atoms with van der Waals surface area (Å²) in [7, 11) is 0. The number of hydrogen-bond acceptors (Lipinski definition) is 8. The molecule has 0 amide bonds. The van der Waals surface area contributed by atoms with Crippen LogP contribution in [-0.4, -0.2) is 66.8 Å². The van der Waals surface area contributed by atoms with Gasteiger partial charge in [-0.05, 0) is 0 Å². The third kappa shape index (κ3) is 2.56. The Morgan fingerprint density at radius 2 is 2.19 bits per heavy atom. The van der Waals surface area contributed by atoms with Crippen molar-refractivity contribution in [2.24, 2.45) is 0 Å². The Kier molecular flexibility index (Phi) is 3.97. The standard InChI is InChI=1S/C12H17N5O4/c18-2-1-13-11-10-12(15-5-14-11)17(6-16-10)9-3-7(20)8(4-19)21-9/h5-9,18-20H,1-4H2,(H,13,14,15)/t7?,8-,9-/m1/s1. The molecule has 114 valence electrons. The minimum atomic E-state index is -0.716. The molecule has 21 heavy (non-hydrogen) atoms. The Morgan fingerprint density at radius 1 is 1.33 bits per heavy atom. The van der Waals surface area contributed by atoms with E-state index in [9.17, 15) is 5.11 Å². The molecule has 2 aromatic rings. The average Bonchev–Trinajstić information content (AvgIpc) is 3.08. The second-order valence-corrected chi connectivity index (χ2v) is 4.81. The Balaban J connectivity index is 1.90. The average molecular weight is 295 g/mol. The van der Waals surface area contributed by atoms with Gasteiger partial charge in [-0.1, -0.05) is 0 Å². The van der Waals surface area contributed by atoms with E-state index < -0.39 is 18.4 Å². The van der Waals surface area contributed by atoms with Gasteiger partial charge in [-0.3, -0.25) is 4.57 Å². The van der Waals surface area contributed by atoms with Crippen molar-refractivity contribution in [1.29, 1.82) is 0 Å². The summed E-state index contributed by atoms with van der Waals surface area (Å²) in [5, 5.41) is 30.8. The van der Waals surface area contributed by atoms with Crippen molar-refractivity contribution < 1.29 is 20.1 Å². The molecule has 3 atom stereocenters. The van der Waals surface area contributed by atoms with E-state index in [0.717, 1.165) is 0 Å². The lowest BCUT2D eigenvalue weighted by Crippen LogP contribution is -2.24.